The van der Waals surface area contributed by atoms with Crippen LogP contribution in [0.5, 0.6) is 5.75 Å². The van der Waals surface area contributed by atoms with E-state index in [2.05, 4.69) is 53.5 Å². The molecule has 0 amide bonds. The summed E-state index contributed by atoms with van der Waals surface area (Å²) in [5.41, 5.74) is 1.36. The third-order valence-corrected chi connectivity index (χ3v) is 5.05. The monoisotopic (exact) mass is 287 g/mol. The molecule has 1 fully saturated rings. The van der Waals surface area contributed by atoms with Gasteiger partial charge in [-0.15, -0.1) is 0 Å². The lowest BCUT2D eigenvalue weighted by Crippen LogP contribution is -2.32. The Morgan fingerprint density at radius 3 is 2.60 bits per heavy atom. The highest BCUT2D eigenvalue weighted by Crippen LogP contribution is 2.28. The Hall–Kier alpha value is -1.19. The summed E-state index contributed by atoms with van der Waals surface area (Å²) >= 11 is 2.07. The maximum Gasteiger partial charge on any atom is 0.126 e. The summed E-state index contributed by atoms with van der Waals surface area (Å²) in [5, 5.41) is 6.21. The van der Waals surface area contributed by atoms with E-state index in [9.17, 15) is 0 Å². The van der Waals surface area contributed by atoms with E-state index in [1.165, 1.54) is 40.7 Å². The first-order chi connectivity index (χ1) is 9.88. The van der Waals surface area contributed by atoms with E-state index < -0.39 is 0 Å². The molecule has 0 atom stereocenters. The van der Waals surface area contributed by atoms with Crippen LogP contribution in [0.4, 0.5) is 0 Å². The number of benzene rings is 2. The number of methoxy groups -OCH3 is 1. The molecule has 0 saturated carbocycles. The third kappa shape index (κ3) is 2.94. The van der Waals surface area contributed by atoms with Crippen molar-refractivity contribution in [3.8, 4) is 5.75 Å². The smallest absolute Gasteiger partial charge is 0.126 e. The van der Waals surface area contributed by atoms with Gasteiger partial charge in [0.2, 0.25) is 0 Å². The summed E-state index contributed by atoms with van der Waals surface area (Å²) in [5.74, 6) is 3.54. The molecule has 2 aromatic rings. The van der Waals surface area contributed by atoms with Gasteiger partial charge < -0.3 is 10.1 Å². The van der Waals surface area contributed by atoms with Gasteiger partial charge in [-0.1, -0.05) is 30.3 Å². The van der Waals surface area contributed by atoms with Crippen LogP contribution in [0.25, 0.3) is 10.8 Å². The van der Waals surface area contributed by atoms with Gasteiger partial charge in [0.05, 0.1) is 7.11 Å². The van der Waals surface area contributed by atoms with Crippen molar-refractivity contribution in [2.24, 2.45) is 0 Å². The average molecular weight is 287 g/mol. The number of hydrogen-bond donors (Lipinski definition) is 1. The predicted octanol–water partition coefficient (Wildman–Crippen LogP) is 3.83. The molecule has 1 saturated heterocycles. The van der Waals surface area contributed by atoms with E-state index in [1.807, 2.05) is 0 Å². The summed E-state index contributed by atoms with van der Waals surface area (Å²) in [6.07, 6.45) is 2.58. The topological polar surface area (TPSA) is 21.3 Å². The Bertz CT molecular complexity index is 578. The molecule has 0 spiro atoms. The minimum absolute atomic E-state index is 0.678. The van der Waals surface area contributed by atoms with Gasteiger partial charge in [0, 0.05) is 18.0 Å². The zero-order chi connectivity index (χ0) is 13.8. The number of thioether (sulfide) groups is 1. The fraction of sp³-hybridized carbons (Fsp3) is 0.412. The molecule has 0 aromatic heterocycles. The molecule has 1 aliphatic rings. The maximum absolute atomic E-state index is 5.45. The van der Waals surface area contributed by atoms with Crippen LogP contribution in [-0.4, -0.2) is 24.7 Å². The third-order valence-electron chi connectivity index (χ3n) is 4.00. The van der Waals surface area contributed by atoms with Crippen molar-refractivity contribution < 1.29 is 4.74 Å². The summed E-state index contributed by atoms with van der Waals surface area (Å²) in [4.78, 5) is 0. The number of hydrogen-bond acceptors (Lipinski definition) is 3. The Morgan fingerprint density at radius 1 is 1.10 bits per heavy atom. The first-order valence-corrected chi connectivity index (χ1v) is 8.39. The van der Waals surface area contributed by atoms with E-state index in [-0.39, 0.29) is 0 Å². The lowest BCUT2D eigenvalue weighted by atomic mass is 10.0. The normalized spacial score (nSPS) is 16.4. The summed E-state index contributed by atoms with van der Waals surface area (Å²) in [6, 6.07) is 13.4. The first-order valence-electron chi connectivity index (χ1n) is 7.24. The van der Waals surface area contributed by atoms with Gasteiger partial charge in [-0.2, -0.15) is 11.8 Å². The van der Waals surface area contributed by atoms with E-state index >= 15 is 0 Å². The molecule has 106 valence electrons. The van der Waals surface area contributed by atoms with Gasteiger partial charge >= 0.3 is 0 Å². The van der Waals surface area contributed by atoms with E-state index in [1.54, 1.807) is 7.11 Å². The Morgan fingerprint density at radius 2 is 1.85 bits per heavy atom. The minimum Gasteiger partial charge on any atom is -0.496 e. The number of nitrogens with one attached hydrogen (secondary N) is 1. The largest absolute Gasteiger partial charge is 0.496 e. The van der Waals surface area contributed by atoms with Crippen LogP contribution in [-0.2, 0) is 6.54 Å². The quantitative estimate of drug-likeness (QED) is 0.923. The molecule has 3 rings (SSSR count). The predicted molar refractivity (Wildman–Crippen MR) is 87.7 cm³/mol. The van der Waals surface area contributed by atoms with Gasteiger partial charge in [-0.05, 0) is 41.4 Å². The molecule has 2 nitrogen and oxygen atoms in total. The van der Waals surface area contributed by atoms with Gasteiger partial charge in [0.25, 0.3) is 0 Å². The van der Waals surface area contributed by atoms with Gasteiger partial charge in [-0.25, -0.2) is 0 Å². The molecule has 3 heteroatoms. The van der Waals surface area contributed by atoms with Crippen molar-refractivity contribution in [3.05, 3.63) is 42.0 Å². The lowest BCUT2D eigenvalue weighted by molar-refractivity contribution is 0.419. The zero-order valence-electron chi connectivity index (χ0n) is 11.9. The second kappa shape index (κ2) is 6.51. The molecule has 0 unspecified atom stereocenters. The van der Waals surface area contributed by atoms with Crippen molar-refractivity contribution in [2.75, 3.05) is 18.6 Å². The molecule has 1 heterocycles. The molecule has 0 aliphatic carbocycles. The Balaban J connectivity index is 1.80. The van der Waals surface area contributed by atoms with E-state index in [0.29, 0.717) is 6.04 Å². The summed E-state index contributed by atoms with van der Waals surface area (Å²) in [6.45, 7) is 0.944. The van der Waals surface area contributed by atoms with E-state index in [0.717, 1.165) is 12.3 Å². The SMILES string of the molecule is COc1ccc(CNC2CCSCC2)c2ccccc12. The lowest BCUT2D eigenvalue weighted by Gasteiger charge is -2.23. The average Bonchev–Trinajstić information content (AvgIpc) is 2.53. The summed E-state index contributed by atoms with van der Waals surface area (Å²) in [7, 11) is 1.74. The van der Waals surface area contributed by atoms with Crippen molar-refractivity contribution in [2.45, 2.75) is 25.4 Å². The molecule has 1 aliphatic heterocycles. The van der Waals surface area contributed by atoms with Crippen LogP contribution in [0, 0.1) is 0 Å². The van der Waals surface area contributed by atoms with E-state index in [4.69, 9.17) is 4.74 Å². The molecule has 0 bridgehead atoms. The highest BCUT2D eigenvalue weighted by molar-refractivity contribution is 7.99. The second-order valence-corrected chi connectivity index (χ2v) is 6.46. The number of ether oxygens (including phenoxy) is 1. The van der Waals surface area contributed by atoms with Crippen LogP contribution < -0.4 is 10.1 Å². The van der Waals surface area contributed by atoms with Crippen LogP contribution in [0.2, 0.25) is 0 Å². The molecular weight excluding hydrogens is 266 g/mol. The van der Waals surface area contributed by atoms with Crippen molar-refractivity contribution >= 4 is 22.5 Å². The molecule has 0 radical (unpaired) electrons. The molecule has 20 heavy (non-hydrogen) atoms. The van der Waals surface area contributed by atoms with Crippen LogP contribution in [0.15, 0.2) is 36.4 Å². The molecule has 1 N–H and O–H groups in total. The highest BCUT2D eigenvalue weighted by Gasteiger charge is 2.13. The maximum atomic E-state index is 5.45. The highest BCUT2D eigenvalue weighted by atomic mass is 32.2. The first kappa shape index (κ1) is 13.8. The van der Waals surface area contributed by atoms with Crippen LogP contribution in [0.1, 0.15) is 18.4 Å². The minimum atomic E-state index is 0.678. The van der Waals surface area contributed by atoms with Crippen molar-refractivity contribution in [1.29, 1.82) is 0 Å². The van der Waals surface area contributed by atoms with Gasteiger partial charge in [-0.3, -0.25) is 0 Å². The summed E-state index contributed by atoms with van der Waals surface area (Å²) < 4.78 is 5.45. The van der Waals surface area contributed by atoms with Gasteiger partial charge in [0.1, 0.15) is 5.75 Å². The molecular formula is C17H21NOS. The number of rotatable bonds is 4. The Kier molecular flexibility index (Phi) is 4.48. The fourth-order valence-corrected chi connectivity index (χ4v) is 3.93. The zero-order valence-corrected chi connectivity index (χ0v) is 12.7. The van der Waals surface area contributed by atoms with Gasteiger partial charge in [0.15, 0.2) is 0 Å². The second-order valence-electron chi connectivity index (χ2n) is 5.24. The van der Waals surface area contributed by atoms with Crippen molar-refractivity contribution in [1.82, 2.24) is 5.32 Å². The fourth-order valence-electron chi connectivity index (χ4n) is 2.82. The molecule has 2 aromatic carbocycles. The van der Waals surface area contributed by atoms with Crippen LogP contribution in [0.3, 0.4) is 0 Å². The Labute approximate surface area is 124 Å². The standard InChI is InChI=1S/C17H21NOS/c1-19-17-7-6-13(15-4-2-3-5-16(15)17)12-18-14-8-10-20-11-9-14/h2-7,14,18H,8-12H2,1H3. The van der Waals surface area contributed by atoms with Crippen molar-refractivity contribution in [3.63, 3.8) is 0 Å². The van der Waals surface area contributed by atoms with Crippen LogP contribution >= 0.6 is 11.8 Å². The number of fused-ring (bicyclic) bond motifs is 1.